The maximum absolute atomic E-state index is 12.7. The number of rotatable bonds is 9. The number of benzene rings is 3. The van der Waals surface area contributed by atoms with E-state index in [-0.39, 0.29) is 18.4 Å². The van der Waals surface area contributed by atoms with Gasteiger partial charge in [0.25, 0.3) is 11.8 Å². The second-order valence-corrected chi connectivity index (χ2v) is 7.37. The molecule has 35 heavy (non-hydrogen) atoms. The van der Waals surface area contributed by atoms with Crippen LogP contribution in [0.1, 0.15) is 33.2 Å². The minimum absolute atomic E-state index is 0.276. The van der Waals surface area contributed by atoms with Crippen LogP contribution in [0, 0.1) is 0 Å². The Kier molecular flexibility index (Phi) is 8.29. The zero-order valence-corrected chi connectivity index (χ0v) is 19.8. The van der Waals surface area contributed by atoms with Gasteiger partial charge in [-0.05, 0) is 48.0 Å². The zero-order valence-electron chi connectivity index (χ0n) is 19.8. The number of amides is 2. The quantitative estimate of drug-likeness (QED) is 0.355. The Morgan fingerprint density at radius 2 is 1.43 bits per heavy atom. The molecular formula is C26H26N2O7. The van der Waals surface area contributed by atoms with Crippen molar-refractivity contribution in [2.75, 3.05) is 26.6 Å². The summed E-state index contributed by atoms with van der Waals surface area (Å²) in [6.07, 6.45) is 0. The van der Waals surface area contributed by atoms with Crippen LogP contribution < -0.4 is 29.6 Å². The van der Waals surface area contributed by atoms with Gasteiger partial charge in [-0.3, -0.25) is 14.4 Å². The molecule has 0 aromatic heterocycles. The fourth-order valence-electron chi connectivity index (χ4n) is 3.27. The van der Waals surface area contributed by atoms with Crippen molar-refractivity contribution in [1.82, 2.24) is 5.32 Å². The van der Waals surface area contributed by atoms with Gasteiger partial charge < -0.3 is 29.6 Å². The Morgan fingerprint density at radius 1 is 0.771 bits per heavy atom. The van der Waals surface area contributed by atoms with Gasteiger partial charge in [0.15, 0.2) is 11.5 Å². The Bertz CT molecular complexity index is 1200. The van der Waals surface area contributed by atoms with Gasteiger partial charge in [0.2, 0.25) is 5.75 Å². The average molecular weight is 479 g/mol. The summed E-state index contributed by atoms with van der Waals surface area (Å²) in [6, 6.07) is 16.6. The summed E-state index contributed by atoms with van der Waals surface area (Å²) in [5.74, 6) is 0.341. The van der Waals surface area contributed by atoms with E-state index < -0.39 is 5.97 Å². The zero-order chi connectivity index (χ0) is 25.4. The highest BCUT2D eigenvalue weighted by Gasteiger charge is 2.17. The number of anilines is 1. The van der Waals surface area contributed by atoms with E-state index in [2.05, 4.69) is 10.6 Å². The number of esters is 1. The summed E-state index contributed by atoms with van der Waals surface area (Å²) in [5, 5.41) is 5.63. The monoisotopic (exact) mass is 478 g/mol. The maximum atomic E-state index is 12.7. The number of ether oxygens (including phenoxy) is 4. The number of hydrogen-bond donors (Lipinski definition) is 2. The molecule has 0 aliphatic rings. The van der Waals surface area contributed by atoms with Gasteiger partial charge in [-0.1, -0.05) is 18.2 Å². The second-order valence-electron chi connectivity index (χ2n) is 7.37. The summed E-state index contributed by atoms with van der Waals surface area (Å²) >= 11 is 0. The lowest BCUT2D eigenvalue weighted by Gasteiger charge is -2.14. The van der Waals surface area contributed by atoms with E-state index in [9.17, 15) is 14.4 Å². The van der Waals surface area contributed by atoms with Crippen LogP contribution >= 0.6 is 0 Å². The van der Waals surface area contributed by atoms with E-state index in [4.69, 9.17) is 18.9 Å². The van der Waals surface area contributed by atoms with Crippen molar-refractivity contribution in [3.8, 4) is 23.0 Å². The molecule has 9 nitrogen and oxygen atoms in total. The van der Waals surface area contributed by atoms with E-state index in [1.165, 1.54) is 34.3 Å². The SMILES string of the molecule is COc1cc(C(=O)Nc2ccc(CNC(=O)c3cccc(OC(C)=O)c3)cc2)cc(OC)c1OC. The highest BCUT2D eigenvalue weighted by atomic mass is 16.5. The highest BCUT2D eigenvalue weighted by Crippen LogP contribution is 2.38. The molecule has 0 bridgehead atoms. The van der Waals surface area contributed by atoms with E-state index >= 15 is 0 Å². The molecular weight excluding hydrogens is 452 g/mol. The molecule has 0 radical (unpaired) electrons. The summed E-state index contributed by atoms with van der Waals surface area (Å²) in [4.78, 5) is 36.3. The average Bonchev–Trinajstić information content (AvgIpc) is 2.86. The predicted molar refractivity (Wildman–Crippen MR) is 129 cm³/mol. The molecule has 2 N–H and O–H groups in total. The summed E-state index contributed by atoms with van der Waals surface area (Å²) in [5.41, 5.74) is 2.12. The van der Waals surface area contributed by atoms with Crippen LogP contribution in [0.4, 0.5) is 5.69 Å². The first-order valence-corrected chi connectivity index (χ1v) is 10.6. The van der Waals surface area contributed by atoms with Gasteiger partial charge in [0, 0.05) is 30.3 Å². The van der Waals surface area contributed by atoms with Crippen LogP contribution in [0.3, 0.4) is 0 Å². The van der Waals surface area contributed by atoms with Crippen molar-refractivity contribution < 1.29 is 33.3 Å². The molecule has 182 valence electrons. The number of carbonyl (C=O) groups is 3. The lowest BCUT2D eigenvalue weighted by molar-refractivity contribution is -0.131. The highest BCUT2D eigenvalue weighted by molar-refractivity contribution is 6.05. The second kappa shape index (κ2) is 11.6. The standard InChI is InChI=1S/C26H26N2O7/c1-16(29)35-21-7-5-6-18(12-21)25(30)27-15-17-8-10-20(11-9-17)28-26(31)19-13-22(32-2)24(34-4)23(14-19)33-3/h5-14H,15H2,1-4H3,(H,27,30)(H,28,31). The smallest absolute Gasteiger partial charge is 0.308 e. The molecule has 0 unspecified atom stereocenters. The van der Waals surface area contributed by atoms with Crippen molar-refractivity contribution in [2.45, 2.75) is 13.5 Å². The number of hydrogen-bond acceptors (Lipinski definition) is 7. The molecule has 0 heterocycles. The van der Waals surface area contributed by atoms with Crippen molar-refractivity contribution in [3.63, 3.8) is 0 Å². The molecule has 0 fully saturated rings. The fourth-order valence-corrected chi connectivity index (χ4v) is 3.27. The Labute approximate surface area is 203 Å². The van der Waals surface area contributed by atoms with Crippen molar-refractivity contribution in [3.05, 3.63) is 77.4 Å². The lowest BCUT2D eigenvalue weighted by atomic mass is 10.1. The van der Waals surface area contributed by atoms with E-state index in [1.807, 2.05) is 0 Å². The number of carbonyl (C=O) groups excluding carboxylic acids is 3. The molecule has 2 amide bonds. The molecule has 0 saturated carbocycles. The van der Waals surface area contributed by atoms with Gasteiger partial charge in [-0.25, -0.2) is 0 Å². The first kappa shape index (κ1) is 25.1. The van der Waals surface area contributed by atoms with Gasteiger partial charge in [-0.15, -0.1) is 0 Å². The van der Waals surface area contributed by atoms with Crippen LogP contribution in [-0.2, 0) is 11.3 Å². The van der Waals surface area contributed by atoms with E-state index in [1.54, 1.807) is 54.6 Å². The molecule has 0 spiro atoms. The largest absolute Gasteiger partial charge is 0.493 e. The van der Waals surface area contributed by atoms with Gasteiger partial charge >= 0.3 is 5.97 Å². The first-order chi connectivity index (χ1) is 16.8. The maximum Gasteiger partial charge on any atom is 0.308 e. The summed E-state index contributed by atoms with van der Waals surface area (Å²) in [7, 11) is 4.45. The molecule has 0 saturated heterocycles. The molecule has 9 heteroatoms. The predicted octanol–water partition coefficient (Wildman–Crippen LogP) is 3.82. The molecule has 0 atom stereocenters. The summed E-state index contributed by atoms with van der Waals surface area (Å²) < 4.78 is 20.9. The van der Waals surface area contributed by atoms with Gasteiger partial charge in [0.05, 0.1) is 21.3 Å². The molecule has 3 rings (SSSR count). The molecule has 3 aromatic rings. The van der Waals surface area contributed by atoms with Crippen molar-refractivity contribution in [1.29, 1.82) is 0 Å². The Hall–Kier alpha value is -4.53. The van der Waals surface area contributed by atoms with Crippen LogP contribution in [0.5, 0.6) is 23.0 Å². The third-order valence-electron chi connectivity index (χ3n) is 4.95. The van der Waals surface area contributed by atoms with Gasteiger partial charge in [0.1, 0.15) is 5.75 Å². The third-order valence-corrected chi connectivity index (χ3v) is 4.95. The fraction of sp³-hybridized carbons (Fsp3) is 0.192. The minimum atomic E-state index is -0.458. The number of methoxy groups -OCH3 is 3. The van der Waals surface area contributed by atoms with Crippen molar-refractivity contribution in [2.24, 2.45) is 0 Å². The van der Waals surface area contributed by atoms with Crippen LogP contribution in [-0.4, -0.2) is 39.1 Å². The summed E-state index contributed by atoms with van der Waals surface area (Å²) in [6.45, 7) is 1.57. The first-order valence-electron chi connectivity index (χ1n) is 10.6. The van der Waals surface area contributed by atoms with Crippen LogP contribution in [0.2, 0.25) is 0 Å². The lowest BCUT2D eigenvalue weighted by Crippen LogP contribution is -2.22. The van der Waals surface area contributed by atoms with E-state index in [0.29, 0.717) is 39.8 Å². The molecule has 0 aliphatic heterocycles. The Morgan fingerprint density at radius 3 is 2.00 bits per heavy atom. The van der Waals surface area contributed by atoms with Crippen molar-refractivity contribution >= 4 is 23.5 Å². The van der Waals surface area contributed by atoms with E-state index in [0.717, 1.165) is 5.56 Å². The van der Waals surface area contributed by atoms with Crippen LogP contribution in [0.25, 0.3) is 0 Å². The van der Waals surface area contributed by atoms with Crippen LogP contribution in [0.15, 0.2) is 60.7 Å². The van der Waals surface area contributed by atoms with Gasteiger partial charge in [-0.2, -0.15) is 0 Å². The topological polar surface area (TPSA) is 112 Å². The molecule has 0 aliphatic carbocycles. The molecule has 3 aromatic carbocycles. The Balaban J connectivity index is 1.62. The minimum Gasteiger partial charge on any atom is -0.493 e. The normalized spacial score (nSPS) is 10.2. The third kappa shape index (κ3) is 6.50. The number of nitrogens with one attached hydrogen (secondary N) is 2.